The molecule has 3 nitrogen and oxygen atoms in total. The number of carbonyl (C=O) groups is 1. The van der Waals surface area contributed by atoms with Crippen molar-refractivity contribution in [3.05, 3.63) is 0 Å². The fraction of sp³-hybridized carbons (Fsp3) is 0.909. The van der Waals surface area contributed by atoms with Gasteiger partial charge in [-0.2, -0.15) is 0 Å². The highest BCUT2D eigenvalue weighted by Gasteiger charge is 2.60. The number of aliphatic carboxylic acids is 1. The van der Waals surface area contributed by atoms with Crippen molar-refractivity contribution in [1.29, 1.82) is 0 Å². The minimum absolute atomic E-state index is 0.0980. The zero-order valence-electron chi connectivity index (χ0n) is 9.00. The number of halogens is 1. The predicted octanol–water partition coefficient (Wildman–Crippen LogP) is 1.56. The van der Waals surface area contributed by atoms with E-state index in [0.29, 0.717) is 25.3 Å². The van der Waals surface area contributed by atoms with E-state index >= 15 is 0 Å². The molecule has 2 fully saturated rings. The summed E-state index contributed by atoms with van der Waals surface area (Å²) < 4.78 is 13.8. The SMILES string of the molecule is C[C@@]1(F)C[C@H]2C[C@@](CN)(CC(=O)O)[C@H]2C1. The fourth-order valence-electron chi connectivity index (χ4n) is 3.65. The van der Waals surface area contributed by atoms with Crippen molar-refractivity contribution in [3.8, 4) is 0 Å². The molecule has 0 amide bonds. The van der Waals surface area contributed by atoms with Gasteiger partial charge < -0.3 is 10.8 Å². The van der Waals surface area contributed by atoms with E-state index in [1.54, 1.807) is 6.92 Å². The highest BCUT2D eigenvalue weighted by molar-refractivity contribution is 5.68. The summed E-state index contributed by atoms with van der Waals surface area (Å²) in [4.78, 5) is 10.8. The van der Waals surface area contributed by atoms with Crippen molar-refractivity contribution in [2.75, 3.05) is 6.54 Å². The first kappa shape index (κ1) is 10.9. The Morgan fingerprint density at radius 1 is 1.53 bits per heavy atom. The van der Waals surface area contributed by atoms with Crippen molar-refractivity contribution >= 4 is 5.97 Å². The summed E-state index contributed by atoms with van der Waals surface area (Å²) in [5.41, 5.74) is 4.25. The minimum Gasteiger partial charge on any atom is -0.481 e. The van der Waals surface area contributed by atoms with Crippen LogP contribution < -0.4 is 5.73 Å². The molecule has 0 radical (unpaired) electrons. The Morgan fingerprint density at radius 2 is 2.20 bits per heavy atom. The first-order valence-electron chi connectivity index (χ1n) is 5.49. The minimum atomic E-state index is -1.11. The molecule has 3 N–H and O–H groups in total. The van der Waals surface area contributed by atoms with Crippen molar-refractivity contribution in [1.82, 2.24) is 0 Å². The lowest BCUT2D eigenvalue weighted by Gasteiger charge is -2.51. The molecule has 2 rings (SSSR count). The van der Waals surface area contributed by atoms with Gasteiger partial charge in [0.15, 0.2) is 0 Å². The lowest BCUT2D eigenvalue weighted by molar-refractivity contribution is -0.145. The maximum absolute atomic E-state index is 13.8. The summed E-state index contributed by atoms with van der Waals surface area (Å²) in [6.45, 7) is 1.99. The molecule has 4 atom stereocenters. The highest BCUT2D eigenvalue weighted by Crippen LogP contribution is 2.63. The van der Waals surface area contributed by atoms with Crippen molar-refractivity contribution < 1.29 is 14.3 Å². The molecule has 0 aromatic carbocycles. The van der Waals surface area contributed by atoms with Gasteiger partial charge in [0.25, 0.3) is 0 Å². The lowest BCUT2D eigenvalue weighted by Crippen LogP contribution is -2.51. The topological polar surface area (TPSA) is 63.3 Å². The standard InChI is InChI=1S/C11H18FNO2/c1-10(12)2-7-3-11(6-13,5-9(14)15)8(7)4-10/h7-8H,2-6,13H2,1H3,(H,14,15)/t7-,8-,10+,11-/m0/s1. The second-order valence-corrected chi connectivity index (χ2v) is 5.53. The van der Waals surface area contributed by atoms with Crippen molar-refractivity contribution in [2.24, 2.45) is 23.0 Å². The molecule has 2 aliphatic rings. The van der Waals surface area contributed by atoms with E-state index < -0.39 is 11.6 Å². The van der Waals surface area contributed by atoms with Gasteiger partial charge in [0.05, 0.1) is 6.42 Å². The van der Waals surface area contributed by atoms with Gasteiger partial charge in [0.1, 0.15) is 5.67 Å². The van der Waals surface area contributed by atoms with Crippen molar-refractivity contribution in [3.63, 3.8) is 0 Å². The first-order valence-corrected chi connectivity index (χ1v) is 5.49. The van der Waals surface area contributed by atoms with Crippen LogP contribution in [0.5, 0.6) is 0 Å². The average Bonchev–Trinajstić information content (AvgIpc) is 2.35. The van der Waals surface area contributed by atoms with Gasteiger partial charge in [-0.25, -0.2) is 4.39 Å². The van der Waals surface area contributed by atoms with E-state index in [0.717, 1.165) is 6.42 Å². The Balaban J connectivity index is 2.10. The first-order chi connectivity index (χ1) is 6.88. The summed E-state index contributed by atoms with van der Waals surface area (Å²) in [5, 5.41) is 8.85. The monoisotopic (exact) mass is 215 g/mol. The van der Waals surface area contributed by atoms with Gasteiger partial charge in [0.2, 0.25) is 0 Å². The van der Waals surface area contributed by atoms with Crippen LogP contribution in [0.2, 0.25) is 0 Å². The number of hydrogen-bond acceptors (Lipinski definition) is 2. The summed E-state index contributed by atoms with van der Waals surface area (Å²) in [5.74, 6) is -0.261. The molecule has 0 saturated heterocycles. The molecule has 0 spiro atoms. The van der Waals surface area contributed by atoms with Crippen LogP contribution in [0.4, 0.5) is 4.39 Å². The Hall–Kier alpha value is -0.640. The number of nitrogens with two attached hydrogens (primary N) is 1. The molecule has 0 aromatic rings. The molecule has 0 unspecified atom stereocenters. The summed E-state index contributed by atoms with van der Waals surface area (Å²) >= 11 is 0. The molecule has 2 aliphatic carbocycles. The maximum Gasteiger partial charge on any atom is 0.303 e. The average molecular weight is 215 g/mol. The van der Waals surface area contributed by atoms with Crippen LogP contribution in [-0.4, -0.2) is 23.3 Å². The second kappa shape index (κ2) is 3.17. The maximum atomic E-state index is 13.8. The third-order valence-electron chi connectivity index (χ3n) is 4.27. The molecule has 0 bridgehead atoms. The van der Waals surface area contributed by atoms with Gasteiger partial charge in [-0.1, -0.05) is 0 Å². The van der Waals surface area contributed by atoms with Crippen molar-refractivity contribution in [2.45, 2.75) is 38.3 Å². The number of carboxylic acid groups (broad SMARTS) is 1. The van der Waals surface area contributed by atoms with E-state index in [1.807, 2.05) is 0 Å². The third-order valence-corrected chi connectivity index (χ3v) is 4.27. The van der Waals surface area contributed by atoms with E-state index in [2.05, 4.69) is 0 Å². The number of fused-ring (bicyclic) bond motifs is 1. The zero-order chi connectivity index (χ0) is 11.3. The second-order valence-electron chi connectivity index (χ2n) is 5.53. The van der Waals surface area contributed by atoms with Crippen LogP contribution in [0.3, 0.4) is 0 Å². The molecule has 0 aromatic heterocycles. The van der Waals surface area contributed by atoms with E-state index in [4.69, 9.17) is 10.8 Å². The normalized spacial score (nSPS) is 48.5. The molecule has 2 saturated carbocycles. The van der Waals surface area contributed by atoms with E-state index in [-0.39, 0.29) is 17.8 Å². The molecule has 86 valence electrons. The molecule has 15 heavy (non-hydrogen) atoms. The van der Waals surface area contributed by atoms with Gasteiger partial charge >= 0.3 is 5.97 Å². The zero-order valence-corrected chi connectivity index (χ0v) is 9.00. The van der Waals surface area contributed by atoms with E-state index in [9.17, 15) is 9.18 Å². The van der Waals surface area contributed by atoms with Gasteiger partial charge in [0, 0.05) is 0 Å². The number of hydrogen-bond donors (Lipinski definition) is 2. The van der Waals surface area contributed by atoms with Crippen LogP contribution in [0.1, 0.15) is 32.6 Å². The number of rotatable bonds is 3. The predicted molar refractivity (Wildman–Crippen MR) is 54.1 cm³/mol. The fourth-order valence-corrected chi connectivity index (χ4v) is 3.65. The molecule has 4 heteroatoms. The number of carboxylic acids is 1. The Labute approximate surface area is 88.8 Å². The molecular weight excluding hydrogens is 197 g/mol. The largest absolute Gasteiger partial charge is 0.481 e. The third kappa shape index (κ3) is 1.65. The van der Waals surface area contributed by atoms with Crippen LogP contribution in [0.25, 0.3) is 0 Å². The Bertz CT molecular complexity index is 292. The van der Waals surface area contributed by atoms with E-state index in [1.165, 1.54) is 0 Å². The Kier molecular flexibility index (Phi) is 2.30. The molecule has 0 aliphatic heterocycles. The lowest BCUT2D eigenvalue weighted by atomic mass is 9.53. The smallest absolute Gasteiger partial charge is 0.303 e. The van der Waals surface area contributed by atoms with Gasteiger partial charge in [-0.3, -0.25) is 4.79 Å². The number of alkyl halides is 1. The quantitative estimate of drug-likeness (QED) is 0.751. The summed E-state index contributed by atoms with van der Waals surface area (Å²) in [6.07, 6.45) is 1.96. The van der Waals surface area contributed by atoms with Crippen LogP contribution >= 0.6 is 0 Å². The summed E-state index contributed by atoms with van der Waals surface area (Å²) in [7, 11) is 0. The van der Waals surface area contributed by atoms with Crippen LogP contribution in [-0.2, 0) is 4.79 Å². The molecular formula is C11H18FNO2. The van der Waals surface area contributed by atoms with Gasteiger partial charge in [-0.05, 0) is 50.0 Å². The van der Waals surface area contributed by atoms with Crippen LogP contribution in [0, 0.1) is 17.3 Å². The molecule has 0 heterocycles. The highest BCUT2D eigenvalue weighted by atomic mass is 19.1. The van der Waals surface area contributed by atoms with Gasteiger partial charge in [-0.15, -0.1) is 0 Å². The van der Waals surface area contributed by atoms with Crippen LogP contribution in [0.15, 0.2) is 0 Å². The Morgan fingerprint density at radius 3 is 2.67 bits per heavy atom. The summed E-state index contributed by atoms with van der Waals surface area (Å²) in [6, 6.07) is 0.